The molecule has 1 aromatic rings. The van der Waals surface area contributed by atoms with Gasteiger partial charge in [0.25, 0.3) is 5.78 Å². The van der Waals surface area contributed by atoms with Crippen LogP contribution in [-0.4, -0.2) is 33.6 Å². The molecule has 24 heavy (non-hydrogen) atoms. The molecule has 2 aliphatic rings. The zero-order valence-corrected chi connectivity index (χ0v) is 11.9. The van der Waals surface area contributed by atoms with Gasteiger partial charge >= 0.3 is 12.1 Å². The summed E-state index contributed by atoms with van der Waals surface area (Å²) in [5.74, 6) is -3.51. The lowest BCUT2D eigenvalue weighted by Gasteiger charge is -2.27. The first kappa shape index (κ1) is 15.7. The Labute approximate surface area is 133 Å². The van der Waals surface area contributed by atoms with Crippen LogP contribution < -0.4 is 10.4 Å². The van der Waals surface area contributed by atoms with Crippen LogP contribution in [0.15, 0.2) is 53.4 Å². The number of aliphatic imine (C=N–C) groups is 1. The van der Waals surface area contributed by atoms with E-state index in [1.165, 1.54) is 18.3 Å². The van der Waals surface area contributed by atoms with Gasteiger partial charge in [0, 0.05) is 11.4 Å². The molecule has 5 nitrogen and oxygen atoms in total. The quantitative estimate of drug-likeness (QED) is 0.873. The first-order valence-corrected chi connectivity index (χ1v) is 6.71. The van der Waals surface area contributed by atoms with Crippen molar-refractivity contribution in [2.45, 2.75) is 6.18 Å². The monoisotopic (exact) mass is 334 g/mol. The van der Waals surface area contributed by atoms with Crippen molar-refractivity contribution in [3.05, 3.63) is 58.9 Å². The Morgan fingerprint density at radius 1 is 1.17 bits per heavy atom. The van der Waals surface area contributed by atoms with E-state index in [2.05, 4.69) is 4.99 Å². The van der Waals surface area contributed by atoms with Gasteiger partial charge < -0.3 is 10.0 Å². The fourth-order valence-corrected chi connectivity index (χ4v) is 2.45. The normalized spacial score (nSPS) is 16.3. The SMILES string of the molecule is O=C(O)C1=CN=C(C(=O)C(F)(F)F)C2=c3ccccc3=CC=CN12. The van der Waals surface area contributed by atoms with Gasteiger partial charge in [-0.15, -0.1) is 0 Å². The zero-order valence-electron chi connectivity index (χ0n) is 11.9. The van der Waals surface area contributed by atoms with Gasteiger partial charge in [-0.2, -0.15) is 13.2 Å². The number of aliphatic carboxylic acids is 1. The minimum atomic E-state index is -5.12. The molecule has 122 valence electrons. The number of fused-ring (bicyclic) bond motifs is 2. The van der Waals surface area contributed by atoms with E-state index in [0.29, 0.717) is 5.22 Å². The lowest BCUT2D eigenvalue weighted by Crippen LogP contribution is -2.43. The van der Waals surface area contributed by atoms with Crippen LogP contribution in [0.25, 0.3) is 11.8 Å². The van der Waals surface area contributed by atoms with Crippen molar-refractivity contribution in [3.63, 3.8) is 0 Å². The van der Waals surface area contributed by atoms with E-state index >= 15 is 0 Å². The van der Waals surface area contributed by atoms with Crippen LogP contribution >= 0.6 is 0 Å². The summed E-state index contributed by atoms with van der Waals surface area (Å²) in [4.78, 5) is 27.6. The summed E-state index contributed by atoms with van der Waals surface area (Å²) in [7, 11) is 0. The summed E-state index contributed by atoms with van der Waals surface area (Å²) in [5.41, 5.74) is -1.41. The van der Waals surface area contributed by atoms with Crippen molar-refractivity contribution >= 4 is 29.2 Å². The molecule has 1 aromatic carbocycles. The summed E-state index contributed by atoms with van der Waals surface area (Å²) in [6.07, 6.45) is -0.00310. The molecule has 2 heterocycles. The molecule has 0 atom stereocenters. The molecule has 8 heteroatoms. The Kier molecular flexibility index (Phi) is 3.59. The number of allylic oxidation sites excluding steroid dienone is 1. The summed E-state index contributed by atoms with van der Waals surface area (Å²) in [6.45, 7) is 0. The predicted molar refractivity (Wildman–Crippen MR) is 78.8 cm³/mol. The van der Waals surface area contributed by atoms with Crippen molar-refractivity contribution in [3.8, 4) is 0 Å². The number of alkyl halides is 3. The second-order valence-electron chi connectivity index (χ2n) is 4.94. The standard InChI is InChI=1S/C16H9F3N2O3/c17-16(18,19)14(22)12-13-10-6-2-1-4-9(10)5-3-7-21(13)11(8-20-12)15(23)24/h1-8H,(H,23,24). The lowest BCUT2D eigenvalue weighted by atomic mass is 10.0. The van der Waals surface area contributed by atoms with Gasteiger partial charge in [-0.05, 0) is 11.3 Å². The molecule has 0 aliphatic carbocycles. The first-order valence-electron chi connectivity index (χ1n) is 6.71. The highest BCUT2D eigenvalue weighted by Gasteiger charge is 2.45. The lowest BCUT2D eigenvalue weighted by molar-refractivity contribution is -0.163. The maximum atomic E-state index is 12.9. The van der Waals surface area contributed by atoms with Gasteiger partial charge in [0.05, 0.1) is 11.9 Å². The molecule has 1 N–H and O–H groups in total. The Morgan fingerprint density at radius 3 is 2.54 bits per heavy atom. The second kappa shape index (κ2) is 5.48. The highest BCUT2D eigenvalue weighted by Crippen LogP contribution is 2.27. The third kappa shape index (κ3) is 2.51. The number of ketones is 1. The van der Waals surface area contributed by atoms with E-state index in [1.807, 2.05) is 0 Å². The number of carbonyl (C=O) groups excluding carboxylic acids is 1. The molecule has 0 radical (unpaired) electrons. The van der Waals surface area contributed by atoms with Crippen LogP contribution in [-0.2, 0) is 9.59 Å². The molecule has 0 aromatic heterocycles. The third-order valence-corrected chi connectivity index (χ3v) is 3.46. The van der Waals surface area contributed by atoms with Gasteiger partial charge in [0.1, 0.15) is 5.71 Å². The van der Waals surface area contributed by atoms with Crippen LogP contribution in [0.5, 0.6) is 0 Å². The van der Waals surface area contributed by atoms with Gasteiger partial charge in [-0.1, -0.05) is 30.3 Å². The van der Waals surface area contributed by atoms with E-state index in [9.17, 15) is 27.9 Å². The van der Waals surface area contributed by atoms with E-state index in [0.717, 1.165) is 11.1 Å². The Balaban J connectivity index is 2.38. The first-order chi connectivity index (χ1) is 11.3. The summed E-state index contributed by atoms with van der Waals surface area (Å²) >= 11 is 0. The molecule has 0 amide bonds. The maximum absolute atomic E-state index is 12.9. The molecule has 0 fully saturated rings. The Bertz CT molecular complexity index is 956. The van der Waals surface area contributed by atoms with Crippen molar-refractivity contribution in [2.24, 2.45) is 4.99 Å². The molecule has 2 aliphatic heterocycles. The number of Topliss-reactive ketones (excluding diaryl/α,β-unsaturated/α-hetero) is 1. The molecule has 0 spiro atoms. The summed E-state index contributed by atoms with van der Waals surface area (Å²) in [6, 6.07) is 6.41. The van der Waals surface area contributed by atoms with Crippen LogP contribution in [0.1, 0.15) is 0 Å². The number of carbonyl (C=O) groups is 2. The molecule has 0 saturated carbocycles. The number of carboxylic acid groups (broad SMARTS) is 1. The molecule has 0 bridgehead atoms. The summed E-state index contributed by atoms with van der Waals surface area (Å²) < 4.78 is 38.7. The second-order valence-corrected chi connectivity index (χ2v) is 4.94. The zero-order chi connectivity index (χ0) is 17.5. The number of nitrogens with zero attached hydrogens (tertiary/aromatic N) is 2. The van der Waals surface area contributed by atoms with Gasteiger partial charge in [0.15, 0.2) is 5.70 Å². The minimum Gasteiger partial charge on any atom is -0.477 e. The van der Waals surface area contributed by atoms with E-state index in [4.69, 9.17) is 0 Å². The van der Waals surface area contributed by atoms with Crippen molar-refractivity contribution in [2.75, 3.05) is 0 Å². The van der Waals surface area contributed by atoms with Crippen LogP contribution in [0.2, 0.25) is 0 Å². The number of hydrogen-bond donors (Lipinski definition) is 1. The fraction of sp³-hybridized carbons (Fsp3) is 0.0625. The van der Waals surface area contributed by atoms with Crippen molar-refractivity contribution in [1.82, 2.24) is 4.90 Å². The highest BCUT2D eigenvalue weighted by molar-refractivity contribution is 6.56. The number of rotatable bonds is 2. The van der Waals surface area contributed by atoms with Gasteiger partial charge in [-0.25, -0.2) is 9.79 Å². The largest absolute Gasteiger partial charge is 0.477 e. The predicted octanol–water partition coefficient (Wildman–Crippen LogP) is 0.917. The molecule has 3 rings (SSSR count). The average molecular weight is 334 g/mol. The average Bonchev–Trinajstić information content (AvgIpc) is 2.72. The Hall–Kier alpha value is -3.16. The summed E-state index contributed by atoms with van der Waals surface area (Å²) in [5, 5.41) is 10.1. The van der Waals surface area contributed by atoms with Crippen molar-refractivity contribution < 1.29 is 27.9 Å². The number of halogens is 3. The molecular formula is C16H9F3N2O3. The van der Waals surface area contributed by atoms with E-state index < -0.39 is 23.6 Å². The third-order valence-electron chi connectivity index (χ3n) is 3.46. The van der Waals surface area contributed by atoms with Crippen LogP contribution in [0.4, 0.5) is 13.2 Å². The van der Waals surface area contributed by atoms with Crippen LogP contribution in [0, 0.1) is 0 Å². The smallest absolute Gasteiger partial charge is 0.456 e. The maximum Gasteiger partial charge on any atom is 0.456 e. The Morgan fingerprint density at radius 2 is 1.88 bits per heavy atom. The molecule has 0 saturated heterocycles. The highest BCUT2D eigenvalue weighted by atomic mass is 19.4. The van der Waals surface area contributed by atoms with Crippen molar-refractivity contribution in [1.29, 1.82) is 0 Å². The minimum absolute atomic E-state index is 0.210. The van der Waals surface area contributed by atoms with Gasteiger partial charge in [-0.3, -0.25) is 4.79 Å². The van der Waals surface area contributed by atoms with Crippen LogP contribution in [0.3, 0.4) is 0 Å². The molecular weight excluding hydrogens is 325 g/mol. The number of hydrogen-bond acceptors (Lipinski definition) is 4. The fourth-order valence-electron chi connectivity index (χ4n) is 2.45. The van der Waals surface area contributed by atoms with E-state index in [-0.39, 0.29) is 16.6 Å². The topological polar surface area (TPSA) is 70.0 Å². The number of carboxylic acids is 1. The molecule has 0 unspecified atom stereocenters. The number of benzene rings is 1. The van der Waals surface area contributed by atoms with Gasteiger partial charge in [0.2, 0.25) is 0 Å². The van der Waals surface area contributed by atoms with E-state index in [1.54, 1.807) is 24.3 Å².